The van der Waals surface area contributed by atoms with Crippen molar-refractivity contribution in [3.8, 4) is 6.07 Å². The summed E-state index contributed by atoms with van der Waals surface area (Å²) in [7, 11) is -3.65. The number of nitrogens with one attached hydrogen (secondary N) is 1. The molecule has 0 aliphatic heterocycles. The highest BCUT2D eigenvalue weighted by Gasteiger charge is 2.22. The van der Waals surface area contributed by atoms with E-state index < -0.39 is 21.2 Å². The molecule has 1 aromatic carbocycles. The van der Waals surface area contributed by atoms with Gasteiger partial charge in [0.1, 0.15) is 0 Å². The first-order chi connectivity index (χ1) is 9.40. The summed E-state index contributed by atoms with van der Waals surface area (Å²) in [5.41, 5.74) is 0.881. The van der Waals surface area contributed by atoms with Crippen molar-refractivity contribution in [1.29, 1.82) is 5.26 Å². The Bertz CT molecular complexity index is 620. The number of nitrogens with zero attached hydrogens (tertiary/aromatic N) is 1. The highest BCUT2D eigenvalue weighted by molar-refractivity contribution is 7.90. The molecule has 1 aromatic rings. The van der Waals surface area contributed by atoms with Crippen molar-refractivity contribution in [2.24, 2.45) is 0 Å². The number of rotatable bonds is 7. The Balaban J connectivity index is 2.63. The molecule has 0 saturated carbocycles. The van der Waals surface area contributed by atoms with Gasteiger partial charge in [0, 0.05) is 6.54 Å². The third-order valence-corrected chi connectivity index (χ3v) is 4.57. The predicted octanol–water partition coefficient (Wildman–Crippen LogP) is 1.15. The lowest BCUT2D eigenvalue weighted by Crippen LogP contribution is -2.34. The van der Waals surface area contributed by atoms with Crippen molar-refractivity contribution in [2.75, 3.05) is 6.54 Å². The van der Waals surface area contributed by atoms with Crippen LogP contribution in [0.3, 0.4) is 0 Å². The van der Waals surface area contributed by atoms with E-state index in [9.17, 15) is 13.2 Å². The van der Waals surface area contributed by atoms with Gasteiger partial charge in [-0.3, -0.25) is 0 Å². The molecule has 0 aliphatic carbocycles. The fourth-order valence-electron chi connectivity index (χ4n) is 1.68. The Morgan fingerprint density at radius 1 is 1.50 bits per heavy atom. The molecule has 0 bridgehead atoms. The van der Waals surface area contributed by atoms with Crippen LogP contribution >= 0.6 is 0 Å². The maximum Gasteiger partial charge on any atom is 0.335 e. The lowest BCUT2D eigenvalue weighted by Gasteiger charge is -2.10. The Hall–Kier alpha value is -1.91. The first-order valence-electron chi connectivity index (χ1n) is 6.11. The number of hydrogen-bond acceptors (Lipinski definition) is 4. The van der Waals surface area contributed by atoms with Crippen molar-refractivity contribution in [2.45, 2.75) is 25.0 Å². The molecule has 0 heterocycles. The molecule has 0 aliphatic rings. The van der Waals surface area contributed by atoms with E-state index in [4.69, 9.17) is 10.4 Å². The maximum atomic E-state index is 11.7. The minimum absolute atomic E-state index is 0.129. The van der Waals surface area contributed by atoms with Gasteiger partial charge in [0.05, 0.1) is 11.6 Å². The molecular weight excluding hydrogens is 280 g/mol. The molecule has 0 amide bonds. The summed E-state index contributed by atoms with van der Waals surface area (Å²) in [6.07, 6.45) is 0.586. The number of carbonyl (C=O) groups is 1. The quantitative estimate of drug-likeness (QED) is 0.784. The summed E-state index contributed by atoms with van der Waals surface area (Å²) in [5.74, 6) is -1.03. The van der Waals surface area contributed by atoms with E-state index in [0.29, 0.717) is 6.42 Å². The average molecular weight is 296 g/mol. The summed E-state index contributed by atoms with van der Waals surface area (Å²) in [6.45, 7) is 1.76. The summed E-state index contributed by atoms with van der Waals surface area (Å²) in [6, 6.07) is 8.04. The fourth-order valence-corrected chi connectivity index (χ4v) is 2.84. The van der Waals surface area contributed by atoms with Gasteiger partial charge < -0.3 is 5.11 Å². The molecule has 0 saturated heterocycles. The zero-order valence-electron chi connectivity index (χ0n) is 11.0. The molecule has 6 nitrogen and oxygen atoms in total. The number of benzene rings is 1. The van der Waals surface area contributed by atoms with Crippen LogP contribution in [0.4, 0.5) is 0 Å². The largest absolute Gasteiger partial charge is 0.478 e. The van der Waals surface area contributed by atoms with Gasteiger partial charge in [0.15, 0.2) is 5.25 Å². The van der Waals surface area contributed by atoms with Crippen molar-refractivity contribution < 1.29 is 18.3 Å². The third kappa shape index (κ3) is 4.33. The summed E-state index contributed by atoms with van der Waals surface area (Å²) >= 11 is 0. The van der Waals surface area contributed by atoms with Crippen LogP contribution in [-0.4, -0.2) is 31.3 Å². The van der Waals surface area contributed by atoms with Crippen LogP contribution in [-0.2, 0) is 16.4 Å². The lowest BCUT2D eigenvalue weighted by atomic mass is 10.1. The smallest absolute Gasteiger partial charge is 0.335 e. The summed E-state index contributed by atoms with van der Waals surface area (Å²) < 4.78 is 25.8. The Morgan fingerprint density at radius 2 is 2.20 bits per heavy atom. The number of sulfonamides is 1. The Kier molecular flexibility index (Phi) is 5.67. The van der Waals surface area contributed by atoms with Crippen molar-refractivity contribution in [3.05, 3.63) is 35.4 Å². The first-order valence-corrected chi connectivity index (χ1v) is 7.65. The molecule has 20 heavy (non-hydrogen) atoms. The SMILES string of the molecule is CCC(C#N)S(=O)(=O)NCCc1cccc(C(=O)O)c1. The number of nitriles is 1. The zero-order chi connectivity index (χ0) is 15.2. The second-order valence-corrected chi connectivity index (χ2v) is 6.17. The van der Waals surface area contributed by atoms with Crippen LogP contribution in [0.2, 0.25) is 0 Å². The molecule has 108 valence electrons. The minimum atomic E-state index is -3.65. The van der Waals surface area contributed by atoms with Crippen LogP contribution < -0.4 is 4.72 Å². The number of aromatic carboxylic acids is 1. The van der Waals surface area contributed by atoms with Crippen LogP contribution in [0.1, 0.15) is 29.3 Å². The van der Waals surface area contributed by atoms with Gasteiger partial charge in [0.2, 0.25) is 10.0 Å². The van der Waals surface area contributed by atoms with Crippen LogP contribution in [0.15, 0.2) is 24.3 Å². The van der Waals surface area contributed by atoms with E-state index in [0.717, 1.165) is 5.56 Å². The number of carboxylic acids is 1. The van der Waals surface area contributed by atoms with Crippen molar-refractivity contribution in [3.63, 3.8) is 0 Å². The fraction of sp³-hybridized carbons (Fsp3) is 0.385. The standard InChI is InChI=1S/C13H16N2O4S/c1-2-12(9-14)20(18,19)15-7-6-10-4-3-5-11(8-10)13(16)17/h3-5,8,12,15H,2,6-7H2,1H3,(H,16,17). The van der Waals surface area contributed by atoms with Gasteiger partial charge >= 0.3 is 5.97 Å². The normalized spacial score (nSPS) is 12.6. The Morgan fingerprint density at radius 3 is 2.75 bits per heavy atom. The molecule has 0 fully saturated rings. The van der Waals surface area contributed by atoms with Crippen molar-refractivity contribution >= 4 is 16.0 Å². The molecular formula is C13H16N2O4S. The molecule has 0 spiro atoms. The molecule has 1 unspecified atom stereocenters. The monoisotopic (exact) mass is 296 g/mol. The molecule has 0 radical (unpaired) electrons. The van der Waals surface area contributed by atoms with Gasteiger partial charge in [-0.1, -0.05) is 19.1 Å². The van der Waals surface area contributed by atoms with Crippen LogP contribution in [0.25, 0.3) is 0 Å². The first kappa shape index (κ1) is 16.1. The van der Waals surface area contributed by atoms with E-state index in [2.05, 4.69) is 4.72 Å². The highest BCUT2D eigenvalue weighted by Crippen LogP contribution is 2.07. The summed E-state index contributed by atoms with van der Waals surface area (Å²) in [4.78, 5) is 10.8. The number of hydrogen-bond donors (Lipinski definition) is 2. The second-order valence-electron chi connectivity index (χ2n) is 4.22. The number of carboxylic acid groups (broad SMARTS) is 1. The maximum absolute atomic E-state index is 11.7. The van der Waals surface area contributed by atoms with E-state index in [1.165, 1.54) is 12.1 Å². The van der Waals surface area contributed by atoms with Gasteiger partial charge in [-0.15, -0.1) is 0 Å². The van der Waals surface area contributed by atoms with Gasteiger partial charge in [-0.05, 0) is 30.5 Å². The van der Waals surface area contributed by atoms with E-state index in [1.807, 2.05) is 0 Å². The topological polar surface area (TPSA) is 107 Å². The van der Waals surface area contributed by atoms with Gasteiger partial charge in [-0.2, -0.15) is 5.26 Å². The third-order valence-electron chi connectivity index (χ3n) is 2.78. The highest BCUT2D eigenvalue weighted by atomic mass is 32.2. The second kappa shape index (κ2) is 7.03. The molecule has 0 aromatic heterocycles. The Labute approximate surface area is 118 Å². The predicted molar refractivity (Wildman–Crippen MR) is 73.7 cm³/mol. The van der Waals surface area contributed by atoms with Crippen LogP contribution in [0, 0.1) is 11.3 Å². The molecule has 1 atom stereocenters. The molecule has 7 heteroatoms. The van der Waals surface area contributed by atoms with Gasteiger partial charge in [-0.25, -0.2) is 17.9 Å². The molecule has 1 rings (SSSR count). The van der Waals surface area contributed by atoms with E-state index >= 15 is 0 Å². The zero-order valence-corrected chi connectivity index (χ0v) is 11.9. The van der Waals surface area contributed by atoms with Crippen molar-refractivity contribution in [1.82, 2.24) is 4.72 Å². The lowest BCUT2D eigenvalue weighted by molar-refractivity contribution is 0.0696. The van der Waals surface area contributed by atoms with Crippen LogP contribution in [0.5, 0.6) is 0 Å². The minimum Gasteiger partial charge on any atom is -0.478 e. The van der Waals surface area contributed by atoms with Gasteiger partial charge in [0.25, 0.3) is 0 Å². The van der Waals surface area contributed by atoms with E-state index in [1.54, 1.807) is 25.1 Å². The average Bonchev–Trinajstić information content (AvgIpc) is 2.39. The molecule has 2 N–H and O–H groups in total. The summed E-state index contributed by atoms with van der Waals surface area (Å²) in [5, 5.41) is 16.5. The van der Waals surface area contributed by atoms with E-state index in [-0.39, 0.29) is 18.5 Å².